The predicted molar refractivity (Wildman–Crippen MR) is 68.9 cm³/mol. The van der Waals surface area contributed by atoms with E-state index in [9.17, 15) is 0 Å². The molecule has 12 heavy (non-hydrogen) atoms. The molecule has 66 valence electrons. The molecule has 0 aromatic heterocycles. The van der Waals surface area contributed by atoms with Crippen molar-refractivity contribution in [2.45, 2.75) is 0 Å². The van der Waals surface area contributed by atoms with Gasteiger partial charge in [-0.15, -0.1) is 0 Å². The average molecular weight is 292 g/mol. The summed E-state index contributed by atoms with van der Waals surface area (Å²) in [7, 11) is -0.533. The zero-order chi connectivity index (χ0) is 9.03. The van der Waals surface area contributed by atoms with Crippen LogP contribution in [0, 0.1) is 0 Å². The smallest absolute Gasteiger partial charge is 0.0217 e. The molecule has 0 nitrogen and oxygen atoms in total. The first-order valence-corrected chi connectivity index (χ1v) is 8.79. The summed E-state index contributed by atoms with van der Waals surface area (Å²) in [5.74, 6) is 0. The summed E-state index contributed by atoms with van der Waals surface area (Å²) < 4.78 is 0. The van der Waals surface area contributed by atoms with Gasteiger partial charge < -0.3 is 0 Å². The van der Waals surface area contributed by atoms with Gasteiger partial charge in [-0.1, -0.05) is 30.3 Å². The highest BCUT2D eigenvalue weighted by atomic mass is 127. The van der Waals surface area contributed by atoms with E-state index in [1.807, 2.05) is 6.07 Å². The van der Waals surface area contributed by atoms with Gasteiger partial charge in [-0.25, -0.2) is 0 Å². The van der Waals surface area contributed by atoms with Gasteiger partial charge in [0.05, 0.1) is 0 Å². The SMILES string of the molecule is CS(C)(I)/C=C/c1ccccc1. The molecule has 0 heterocycles. The van der Waals surface area contributed by atoms with E-state index >= 15 is 0 Å². The van der Waals surface area contributed by atoms with Crippen LogP contribution in [0.5, 0.6) is 0 Å². The summed E-state index contributed by atoms with van der Waals surface area (Å²) in [6.07, 6.45) is 6.74. The van der Waals surface area contributed by atoms with Crippen LogP contribution in [0.3, 0.4) is 0 Å². The van der Waals surface area contributed by atoms with Crippen LogP contribution < -0.4 is 0 Å². The fourth-order valence-electron chi connectivity index (χ4n) is 0.805. The molecule has 0 aliphatic rings. The van der Waals surface area contributed by atoms with E-state index < -0.39 is 7.20 Å². The zero-order valence-electron chi connectivity index (χ0n) is 7.33. The second-order valence-corrected chi connectivity index (χ2v) is 12.6. The van der Waals surface area contributed by atoms with E-state index in [2.05, 4.69) is 69.5 Å². The van der Waals surface area contributed by atoms with Crippen LogP contribution >= 0.6 is 28.4 Å². The van der Waals surface area contributed by atoms with Crippen molar-refractivity contribution >= 4 is 34.5 Å². The maximum absolute atomic E-state index is 2.50. The molecule has 1 aromatic carbocycles. The topological polar surface area (TPSA) is 0 Å². The quantitative estimate of drug-likeness (QED) is 0.721. The van der Waals surface area contributed by atoms with Gasteiger partial charge in [-0.3, -0.25) is 0 Å². The lowest BCUT2D eigenvalue weighted by Crippen LogP contribution is -1.75. The highest BCUT2D eigenvalue weighted by molar-refractivity contribution is 14.2. The maximum Gasteiger partial charge on any atom is -0.0217 e. The van der Waals surface area contributed by atoms with Crippen LogP contribution in [0.2, 0.25) is 0 Å². The van der Waals surface area contributed by atoms with Crippen molar-refractivity contribution in [1.29, 1.82) is 0 Å². The molecule has 2 heteroatoms. The third kappa shape index (κ3) is 4.16. The van der Waals surface area contributed by atoms with Crippen molar-refractivity contribution in [3.05, 3.63) is 41.3 Å². The summed E-state index contributed by atoms with van der Waals surface area (Å²) in [5.41, 5.74) is 1.29. The van der Waals surface area contributed by atoms with Crippen LogP contribution in [0.1, 0.15) is 5.56 Å². The fraction of sp³-hybridized carbons (Fsp3) is 0.200. The highest BCUT2D eigenvalue weighted by Crippen LogP contribution is 2.50. The number of hydrogen-bond acceptors (Lipinski definition) is 0. The molecule has 0 atom stereocenters. The third-order valence-corrected chi connectivity index (χ3v) is 3.05. The van der Waals surface area contributed by atoms with Crippen molar-refractivity contribution in [2.75, 3.05) is 12.5 Å². The summed E-state index contributed by atoms with van der Waals surface area (Å²) in [6.45, 7) is 0. The van der Waals surface area contributed by atoms with Crippen molar-refractivity contribution in [3.8, 4) is 0 Å². The summed E-state index contributed by atoms with van der Waals surface area (Å²) in [5, 5.41) is 2.29. The van der Waals surface area contributed by atoms with Gasteiger partial charge in [0.25, 0.3) is 0 Å². The molecule has 0 N–H and O–H groups in total. The Bertz CT molecular complexity index is 259. The highest BCUT2D eigenvalue weighted by Gasteiger charge is 1.98. The number of benzene rings is 1. The first-order chi connectivity index (χ1) is 5.58. The molecule has 1 aromatic rings. The Morgan fingerprint density at radius 2 is 1.75 bits per heavy atom. The van der Waals surface area contributed by atoms with Crippen LogP contribution in [0.15, 0.2) is 35.7 Å². The lowest BCUT2D eigenvalue weighted by molar-refractivity contribution is 1.66. The number of hydrogen-bond donors (Lipinski definition) is 0. The van der Waals surface area contributed by atoms with Gasteiger partial charge >= 0.3 is 0 Å². The summed E-state index contributed by atoms with van der Waals surface area (Å²) in [4.78, 5) is 0. The lowest BCUT2D eigenvalue weighted by atomic mass is 10.2. The first-order valence-electron chi connectivity index (χ1n) is 3.74. The number of rotatable bonds is 2. The second-order valence-electron chi connectivity index (χ2n) is 2.99. The van der Waals surface area contributed by atoms with E-state index in [-0.39, 0.29) is 0 Å². The van der Waals surface area contributed by atoms with E-state index in [0.717, 1.165) is 0 Å². The minimum Gasteiger partial charge on any atom is -0.173 e. The van der Waals surface area contributed by atoms with E-state index in [4.69, 9.17) is 0 Å². The Kier molecular flexibility index (Phi) is 3.65. The number of halogens is 1. The Labute approximate surface area is 88.0 Å². The molecule has 1 rings (SSSR count). The zero-order valence-corrected chi connectivity index (χ0v) is 10.3. The van der Waals surface area contributed by atoms with Crippen molar-refractivity contribution in [3.63, 3.8) is 0 Å². The fourth-order valence-corrected chi connectivity index (χ4v) is 1.73. The maximum atomic E-state index is 2.50. The molecule has 0 bridgehead atoms. The van der Waals surface area contributed by atoms with Gasteiger partial charge in [0.15, 0.2) is 0 Å². The Morgan fingerprint density at radius 1 is 1.17 bits per heavy atom. The molecule has 0 aliphatic carbocycles. The molecule has 0 fully saturated rings. The molecule has 0 amide bonds. The Balaban J connectivity index is 2.71. The van der Waals surface area contributed by atoms with Crippen molar-refractivity contribution in [2.24, 2.45) is 0 Å². The largest absolute Gasteiger partial charge is 0.173 e. The van der Waals surface area contributed by atoms with E-state index in [1.54, 1.807) is 0 Å². The molecular formula is C10H13IS. The van der Waals surface area contributed by atoms with Crippen LogP contribution in [-0.2, 0) is 0 Å². The standard InChI is InChI=1S/C10H13IS/c1-12(2,11)9-8-10-6-4-3-5-7-10/h3-9H,1-2H3/b9-8+. The lowest BCUT2D eigenvalue weighted by Gasteiger charge is -2.15. The van der Waals surface area contributed by atoms with Gasteiger partial charge in [-0.05, 0) is 50.8 Å². The van der Waals surface area contributed by atoms with Gasteiger partial charge in [0, 0.05) is 0 Å². The predicted octanol–water partition coefficient (Wildman–Crippen LogP) is 4.07. The van der Waals surface area contributed by atoms with Gasteiger partial charge in [0.2, 0.25) is 0 Å². The molecule has 0 aliphatic heterocycles. The van der Waals surface area contributed by atoms with Crippen LogP contribution in [0.4, 0.5) is 0 Å². The summed E-state index contributed by atoms with van der Waals surface area (Å²) >= 11 is 2.50. The van der Waals surface area contributed by atoms with E-state index in [0.29, 0.717) is 0 Å². The Hall–Kier alpha value is 0.0400. The minimum atomic E-state index is -0.533. The van der Waals surface area contributed by atoms with Gasteiger partial charge in [-0.2, -0.15) is 7.20 Å². The summed E-state index contributed by atoms with van der Waals surface area (Å²) in [6, 6.07) is 10.4. The molecule has 0 spiro atoms. The average Bonchev–Trinajstić information content (AvgIpc) is 2.02. The van der Waals surface area contributed by atoms with Crippen LogP contribution in [-0.4, -0.2) is 12.5 Å². The minimum absolute atomic E-state index is 0.533. The Morgan fingerprint density at radius 3 is 2.25 bits per heavy atom. The van der Waals surface area contributed by atoms with Crippen LogP contribution in [0.25, 0.3) is 6.08 Å². The van der Waals surface area contributed by atoms with Gasteiger partial charge in [0.1, 0.15) is 0 Å². The molecule has 0 saturated heterocycles. The normalized spacial score (nSPS) is 13.6. The first kappa shape index (κ1) is 10.1. The third-order valence-electron chi connectivity index (χ3n) is 1.38. The van der Waals surface area contributed by atoms with Crippen molar-refractivity contribution < 1.29 is 0 Å². The molecule has 0 unspecified atom stereocenters. The van der Waals surface area contributed by atoms with Crippen molar-refractivity contribution in [1.82, 2.24) is 0 Å². The molecule has 0 radical (unpaired) electrons. The van der Waals surface area contributed by atoms with E-state index in [1.165, 1.54) is 5.56 Å². The second kappa shape index (κ2) is 4.33. The molecule has 0 saturated carbocycles. The molecular weight excluding hydrogens is 279 g/mol. The monoisotopic (exact) mass is 292 g/mol.